The van der Waals surface area contributed by atoms with Crippen LogP contribution in [0.5, 0.6) is 0 Å². The Morgan fingerprint density at radius 3 is 2.86 bits per heavy atom. The van der Waals surface area contributed by atoms with E-state index in [1.165, 1.54) is 0 Å². The van der Waals surface area contributed by atoms with E-state index in [1.807, 2.05) is 11.8 Å². The Labute approximate surface area is 98.7 Å². The summed E-state index contributed by atoms with van der Waals surface area (Å²) in [6.45, 7) is 5.05. The lowest BCUT2D eigenvalue weighted by molar-refractivity contribution is -0.124. The third-order valence-corrected chi connectivity index (χ3v) is 5.08. The van der Waals surface area contributed by atoms with Gasteiger partial charge in [-0.1, -0.05) is 29.8 Å². The number of hydrogen-bond donors (Lipinski definition) is 1. The topological polar surface area (TPSA) is 29.1 Å². The fourth-order valence-electron chi connectivity index (χ4n) is 1.26. The monoisotopic (exact) mass is 279 g/mol. The summed E-state index contributed by atoms with van der Waals surface area (Å²) in [4.78, 5) is 11.7. The molecule has 1 saturated heterocycles. The lowest BCUT2D eigenvalue weighted by atomic mass is 9.96. The molecule has 1 rings (SSSR count). The van der Waals surface area contributed by atoms with E-state index in [0.29, 0.717) is 0 Å². The van der Waals surface area contributed by atoms with Gasteiger partial charge in [0.1, 0.15) is 0 Å². The van der Waals surface area contributed by atoms with Gasteiger partial charge in [-0.3, -0.25) is 4.79 Å². The minimum absolute atomic E-state index is 0.154. The van der Waals surface area contributed by atoms with Gasteiger partial charge in [0.05, 0.1) is 0 Å². The second-order valence-corrected chi connectivity index (χ2v) is 6.29. The molecule has 0 aromatic rings. The smallest absolute Gasteiger partial charge is 0.223 e. The number of halogens is 1. The first-order chi connectivity index (χ1) is 6.55. The van der Waals surface area contributed by atoms with Crippen LogP contribution in [0.4, 0.5) is 0 Å². The number of carbonyl (C=O) groups is 1. The Morgan fingerprint density at radius 1 is 1.64 bits per heavy atom. The maximum Gasteiger partial charge on any atom is 0.223 e. The zero-order valence-electron chi connectivity index (χ0n) is 8.81. The van der Waals surface area contributed by atoms with Crippen molar-refractivity contribution in [1.82, 2.24) is 5.32 Å². The minimum Gasteiger partial charge on any atom is -0.355 e. The Morgan fingerprint density at radius 2 is 2.36 bits per heavy atom. The highest BCUT2D eigenvalue weighted by Crippen LogP contribution is 2.24. The maximum absolute atomic E-state index is 11.7. The van der Waals surface area contributed by atoms with Crippen molar-refractivity contribution in [3.63, 3.8) is 0 Å². The average Bonchev–Trinajstić information content (AvgIpc) is 2.67. The van der Waals surface area contributed by atoms with Gasteiger partial charge in [-0.05, 0) is 17.6 Å². The summed E-state index contributed by atoms with van der Waals surface area (Å²) < 4.78 is 0. The van der Waals surface area contributed by atoms with Crippen molar-refractivity contribution < 1.29 is 4.79 Å². The first kappa shape index (κ1) is 12.4. The summed E-state index contributed by atoms with van der Waals surface area (Å²) in [6, 6.07) is 0. The Balaban J connectivity index is 2.27. The predicted octanol–water partition coefficient (Wildman–Crippen LogP) is 2.28. The summed E-state index contributed by atoms with van der Waals surface area (Å²) in [5, 5.41) is 3.95. The van der Waals surface area contributed by atoms with E-state index < -0.39 is 0 Å². The van der Waals surface area contributed by atoms with Crippen molar-refractivity contribution in [3.8, 4) is 0 Å². The van der Waals surface area contributed by atoms with E-state index in [1.54, 1.807) is 0 Å². The summed E-state index contributed by atoms with van der Waals surface area (Å²) >= 11 is 5.33. The van der Waals surface area contributed by atoms with Crippen molar-refractivity contribution >= 4 is 33.6 Å². The van der Waals surface area contributed by atoms with Crippen LogP contribution in [0.2, 0.25) is 0 Å². The van der Waals surface area contributed by atoms with Gasteiger partial charge >= 0.3 is 0 Å². The number of hydrogen-bond acceptors (Lipinski definition) is 2. The van der Waals surface area contributed by atoms with Gasteiger partial charge in [-0.15, -0.1) is 0 Å². The van der Waals surface area contributed by atoms with Crippen molar-refractivity contribution in [1.29, 1.82) is 0 Å². The third kappa shape index (κ3) is 3.81. The average molecular weight is 280 g/mol. The summed E-state index contributed by atoms with van der Waals surface area (Å²) in [5.74, 6) is 2.63. The molecule has 1 aliphatic heterocycles. The van der Waals surface area contributed by atoms with Gasteiger partial charge in [0, 0.05) is 23.5 Å². The molecule has 0 spiro atoms. The van der Waals surface area contributed by atoms with Crippen LogP contribution in [-0.4, -0.2) is 29.3 Å². The standard InChI is InChI=1S/C10H18BrNOS/c1-10(2,6-11)7-12-9(13)8-3-4-14-5-8/h8H,3-7H2,1-2H3,(H,12,13). The second kappa shape index (κ2) is 5.40. The first-order valence-corrected chi connectivity index (χ1v) is 7.24. The molecule has 1 amide bonds. The van der Waals surface area contributed by atoms with Gasteiger partial charge < -0.3 is 5.32 Å². The number of alkyl halides is 1. The van der Waals surface area contributed by atoms with Crippen LogP contribution in [0.3, 0.4) is 0 Å². The van der Waals surface area contributed by atoms with Crippen molar-refractivity contribution in [2.24, 2.45) is 11.3 Å². The lowest BCUT2D eigenvalue weighted by Gasteiger charge is -2.22. The highest BCUT2D eigenvalue weighted by Gasteiger charge is 2.24. The van der Waals surface area contributed by atoms with Gasteiger partial charge in [-0.25, -0.2) is 0 Å². The highest BCUT2D eigenvalue weighted by atomic mass is 79.9. The molecule has 0 radical (unpaired) electrons. The van der Waals surface area contributed by atoms with Gasteiger partial charge in [0.15, 0.2) is 0 Å². The van der Waals surface area contributed by atoms with Crippen LogP contribution < -0.4 is 5.32 Å². The van der Waals surface area contributed by atoms with Crippen LogP contribution in [-0.2, 0) is 4.79 Å². The van der Waals surface area contributed by atoms with Crippen molar-refractivity contribution in [2.75, 3.05) is 23.4 Å². The third-order valence-electron chi connectivity index (χ3n) is 2.40. The number of carbonyl (C=O) groups excluding carboxylic acids is 1. The summed E-state index contributed by atoms with van der Waals surface area (Å²) in [7, 11) is 0. The molecule has 1 unspecified atom stereocenters. The van der Waals surface area contributed by atoms with Crippen LogP contribution in [0.15, 0.2) is 0 Å². The molecule has 82 valence electrons. The van der Waals surface area contributed by atoms with Crippen LogP contribution >= 0.6 is 27.7 Å². The molecule has 1 N–H and O–H groups in total. The maximum atomic E-state index is 11.7. The molecule has 4 heteroatoms. The summed E-state index contributed by atoms with van der Waals surface area (Å²) in [5.41, 5.74) is 0.154. The molecule has 2 nitrogen and oxygen atoms in total. The molecule has 1 heterocycles. The zero-order chi connectivity index (χ0) is 10.6. The van der Waals surface area contributed by atoms with E-state index in [0.717, 1.165) is 29.8 Å². The molecule has 14 heavy (non-hydrogen) atoms. The Bertz CT molecular complexity index is 202. The van der Waals surface area contributed by atoms with E-state index >= 15 is 0 Å². The zero-order valence-corrected chi connectivity index (χ0v) is 11.2. The normalized spacial score (nSPS) is 22.4. The predicted molar refractivity (Wildman–Crippen MR) is 66.0 cm³/mol. The molecular weight excluding hydrogens is 262 g/mol. The molecule has 0 aromatic heterocycles. The van der Waals surface area contributed by atoms with E-state index in [2.05, 4.69) is 35.1 Å². The SMILES string of the molecule is CC(C)(CBr)CNC(=O)C1CCSC1. The van der Waals surface area contributed by atoms with Gasteiger partial charge in [-0.2, -0.15) is 11.8 Å². The fourth-order valence-corrected chi connectivity index (χ4v) is 2.68. The van der Waals surface area contributed by atoms with Crippen LogP contribution in [0, 0.1) is 11.3 Å². The van der Waals surface area contributed by atoms with Crippen molar-refractivity contribution in [2.45, 2.75) is 20.3 Å². The quantitative estimate of drug-likeness (QED) is 0.800. The number of nitrogens with one attached hydrogen (secondary N) is 1. The number of amides is 1. The fraction of sp³-hybridized carbons (Fsp3) is 0.900. The summed E-state index contributed by atoms with van der Waals surface area (Å²) in [6.07, 6.45) is 1.05. The molecule has 0 aliphatic carbocycles. The van der Waals surface area contributed by atoms with Crippen molar-refractivity contribution in [3.05, 3.63) is 0 Å². The molecule has 1 fully saturated rings. The van der Waals surface area contributed by atoms with E-state index in [4.69, 9.17) is 0 Å². The van der Waals surface area contributed by atoms with Crippen LogP contribution in [0.1, 0.15) is 20.3 Å². The lowest BCUT2D eigenvalue weighted by Crippen LogP contribution is -2.38. The minimum atomic E-state index is 0.154. The van der Waals surface area contributed by atoms with Gasteiger partial charge in [0.25, 0.3) is 0 Å². The van der Waals surface area contributed by atoms with Crippen LogP contribution in [0.25, 0.3) is 0 Å². The first-order valence-electron chi connectivity index (χ1n) is 4.96. The molecule has 0 saturated carbocycles. The molecule has 0 bridgehead atoms. The Hall–Kier alpha value is 0.300. The second-order valence-electron chi connectivity index (χ2n) is 4.58. The highest BCUT2D eigenvalue weighted by molar-refractivity contribution is 9.09. The van der Waals surface area contributed by atoms with E-state index in [9.17, 15) is 4.79 Å². The molecule has 1 atom stereocenters. The Kier molecular flexibility index (Phi) is 4.77. The number of thioether (sulfide) groups is 1. The van der Waals surface area contributed by atoms with E-state index in [-0.39, 0.29) is 17.2 Å². The molecule has 1 aliphatic rings. The largest absolute Gasteiger partial charge is 0.355 e. The number of rotatable bonds is 4. The van der Waals surface area contributed by atoms with Gasteiger partial charge in [0.2, 0.25) is 5.91 Å². The molecular formula is C10H18BrNOS. The molecule has 0 aromatic carbocycles.